The zero-order valence-electron chi connectivity index (χ0n) is 5.08. The van der Waals surface area contributed by atoms with Gasteiger partial charge >= 0.3 is 0 Å². The van der Waals surface area contributed by atoms with Crippen molar-refractivity contribution in [3.05, 3.63) is 27.8 Å². The van der Waals surface area contributed by atoms with E-state index in [1.54, 1.807) is 6.07 Å². The summed E-state index contributed by atoms with van der Waals surface area (Å²) in [5.74, 6) is 5.29. The molecule has 1 aromatic carbocycles. The van der Waals surface area contributed by atoms with Gasteiger partial charge in [-0.2, -0.15) is 5.90 Å². The van der Waals surface area contributed by atoms with Gasteiger partial charge in [-0.3, -0.25) is 0 Å². The fourth-order valence-electron chi connectivity index (χ4n) is 0.574. The Hall–Kier alpha value is -0.330. The maximum atomic E-state index is 4.69. The second-order valence-corrected chi connectivity index (χ2v) is 2.88. The van der Waals surface area contributed by atoms with E-state index in [1.165, 1.54) is 0 Å². The van der Waals surface area contributed by atoms with E-state index >= 15 is 0 Å². The van der Waals surface area contributed by atoms with E-state index in [9.17, 15) is 0 Å². The third-order valence-electron chi connectivity index (χ3n) is 0.940. The van der Waals surface area contributed by atoms with Crippen molar-refractivity contribution in [1.29, 1.82) is 0 Å². The van der Waals surface area contributed by atoms with Crippen molar-refractivity contribution < 1.29 is 9.88 Å². The van der Waals surface area contributed by atoms with Crippen LogP contribution in [0.4, 0.5) is 0 Å². The first kappa shape index (κ1) is 7.77. The number of benzene rings is 1. The standard InChI is InChI=1S/C6H6INO2/c7-5-2-1-3-6(4-5)9-10-8/h1-4H,8H2. The van der Waals surface area contributed by atoms with E-state index in [0.29, 0.717) is 5.75 Å². The van der Waals surface area contributed by atoms with Crippen molar-refractivity contribution >= 4 is 22.6 Å². The van der Waals surface area contributed by atoms with Gasteiger partial charge in [0.2, 0.25) is 0 Å². The number of rotatable bonds is 2. The van der Waals surface area contributed by atoms with Crippen molar-refractivity contribution in [3.63, 3.8) is 0 Å². The quantitative estimate of drug-likeness (QED) is 0.491. The van der Waals surface area contributed by atoms with Crippen LogP contribution in [0, 0.1) is 3.57 Å². The summed E-state index contributed by atoms with van der Waals surface area (Å²) in [5.41, 5.74) is 0. The molecule has 1 rings (SSSR count). The lowest BCUT2D eigenvalue weighted by molar-refractivity contribution is -0.211. The van der Waals surface area contributed by atoms with Crippen LogP contribution in [0.15, 0.2) is 24.3 Å². The average Bonchev–Trinajstić information content (AvgIpc) is 1.88. The molecule has 10 heavy (non-hydrogen) atoms. The second kappa shape index (κ2) is 3.75. The van der Waals surface area contributed by atoms with Crippen LogP contribution in [0.25, 0.3) is 0 Å². The minimum atomic E-state index is 0.606. The van der Waals surface area contributed by atoms with E-state index in [2.05, 4.69) is 38.4 Å². The predicted octanol–water partition coefficient (Wildman–Crippen LogP) is 1.48. The Bertz CT molecular complexity index is 217. The molecule has 0 fully saturated rings. The van der Waals surface area contributed by atoms with E-state index in [4.69, 9.17) is 0 Å². The maximum absolute atomic E-state index is 4.69. The lowest BCUT2D eigenvalue weighted by Crippen LogP contribution is -2.02. The number of nitrogens with two attached hydrogens (primary N) is 1. The van der Waals surface area contributed by atoms with E-state index in [1.807, 2.05) is 18.2 Å². The first-order chi connectivity index (χ1) is 4.83. The maximum Gasteiger partial charge on any atom is 0.168 e. The highest BCUT2D eigenvalue weighted by Gasteiger charge is 1.92. The largest absolute Gasteiger partial charge is 0.320 e. The van der Waals surface area contributed by atoms with Crippen LogP contribution in [0.2, 0.25) is 0 Å². The van der Waals surface area contributed by atoms with E-state index in [-0.39, 0.29) is 0 Å². The van der Waals surface area contributed by atoms with Crippen LogP contribution < -0.4 is 10.8 Å². The summed E-state index contributed by atoms with van der Waals surface area (Å²) in [4.78, 5) is 8.54. The van der Waals surface area contributed by atoms with Crippen molar-refractivity contribution in [2.45, 2.75) is 0 Å². The van der Waals surface area contributed by atoms with Crippen molar-refractivity contribution in [3.8, 4) is 5.75 Å². The van der Waals surface area contributed by atoms with Gasteiger partial charge in [0.25, 0.3) is 0 Å². The molecule has 0 heterocycles. The molecule has 54 valence electrons. The molecule has 0 radical (unpaired) electrons. The molecule has 0 spiro atoms. The van der Waals surface area contributed by atoms with Gasteiger partial charge in [0.05, 0.1) is 0 Å². The van der Waals surface area contributed by atoms with Crippen LogP contribution in [0.3, 0.4) is 0 Å². The number of hydrogen-bond donors (Lipinski definition) is 1. The second-order valence-electron chi connectivity index (χ2n) is 1.64. The molecule has 0 amide bonds. The van der Waals surface area contributed by atoms with Crippen molar-refractivity contribution in [2.24, 2.45) is 5.90 Å². The lowest BCUT2D eigenvalue weighted by atomic mass is 10.3. The van der Waals surface area contributed by atoms with Gasteiger partial charge < -0.3 is 4.89 Å². The zero-order chi connectivity index (χ0) is 7.40. The van der Waals surface area contributed by atoms with E-state index in [0.717, 1.165) is 3.57 Å². The molecule has 0 aliphatic carbocycles. The average molecular weight is 251 g/mol. The molecule has 2 N–H and O–H groups in total. The molecule has 4 heteroatoms. The molecule has 0 aromatic heterocycles. The van der Waals surface area contributed by atoms with Crippen LogP contribution in [0.5, 0.6) is 5.75 Å². The predicted molar refractivity (Wildman–Crippen MR) is 45.1 cm³/mol. The highest BCUT2D eigenvalue weighted by atomic mass is 127. The topological polar surface area (TPSA) is 44.5 Å². The van der Waals surface area contributed by atoms with Gasteiger partial charge in [0.15, 0.2) is 5.75 Å². The van der Waals surface area contributed by atoms with Gasteiger partial charge in [-0.1, -0.05) is 11.1 Å². The van der Waals surface area contributed by atoms with E-state index < -0.39 is 0 Å². The Kier molecular flexibility index (Phi) is 2.91. The molecule has 0 atom stereocenters. The normalized spacial score (nSPS) is 9.40. The Labute approximate surface area is 72.1 Å². The van der Waals surface area contributed by atoms with Crippen LogP contribution in [-0.2, 0) is 4.99 Å². The van der Waals surface area contributed by atoms with Crippen LogP contribution >= 0.6 is 22.6 Å². The van der Waals surface area contributed by atoms with Gasteiger partial charge in [0, 0.05) is 3.57 Å². The van der Waals surface area contributed by atoms with Crippen molar-refractivity contribution in [2.75, 3.05) is 0 Å². The Morgan fingerprint density at radius 3 is 2.80 bits per heavy atom. The van der Waals surface area contributed by atoms with Gasteiger partial charge in [-0.15, -0.1) is 0 Å². The summed E-state index contributed by atoms with van der Waals surface area (Å²) in [5, 5.41) is 0. The SMILES string of the molecule is NOOc1cccc(I)c1. The number of hydrogen-bond acceptors (Lipinski definition) is 3. The third kappa shape index (κ3) is 2.13. The summed E-state index contributed by atoms with van der Waals surface area (Å²) in [6.07, 6.45) is 0. The lowest BCUT2D eigenvalue weighted by Gasteiger charge is -1.98. The molecule has 0 bridgehead atoms. The fourth-order valence-corrected chi connectivity index (χ4v) is 1.09. The smallest absolute Gasteiger partial charge is 0.168 e. The molecule has 0 saturated carbocycles. The van der Waals surface area contributed by atoms with Gasteiger partial charge in [0.1, 0.15) is 0 Å². The third-order valence-corrected chi connectivity index (χ3v) is 1.61. The summed E-state index contributed by atoms with van der Waals surface area (Å²) >= 11 is 2.17. The monoisotopic (exact) mass is 251 g/mol. The molecule has 0 aliphatic rings. The molecule has 0 unspecified atom stereocenters. The molecule has 3 nitrogen and oxygen atoms in total. The fraction of sp³-hybridized carbons (Fsp3) is 0. The molecule has 0 saturated heterocycles. The summed E-state index contributed by atoms with van der Waals surface area (Å²) in [6, 6.07) is 7.38. The minimum absolute atomic E-state index is 0.606. The van der Waals surface area contributed by atoms with Gasteiger partial charge in [-0.05, 0) is 40.8 Å². The number of halogens is 1. The van der Waals surface area contributed by atoms with Crippen LogP contribution in [-0.4, -0.2) is 0 Å². The molecular formula is C6H6INO2. The van der Waals surface area contributed by atoms with Crippen LogP contribution in [0.1, 0.15) is 0 Å². The minimum Gasteiger partial charge on any atom is -0.320 e. The Morgan fingerprint density at radius 2 is 2.20 bits per heavy atom. The summed E-state index contributed by atoms with van der Waals surface area (Å²) in [6.45, 7) is 0. The Balaban J connectivity index is 2.75. The first-order valence-corrected chi connectivity index (χ1v) is 3.70. The van der Waals surface area contributed by atoms with Crippen molar-refractivity contribution in [1.82, 2.24) is 0 Å². The first-order valence-electron chi connectivity index (χ1n) is 2.62. The summed E-state index contributed by atoms with van der Waals surface area (Å²) in [7, 11) is 0. The molecule has 1 aromatic rings. The highest BCUT2D eigenvalue weighted by Crippen LogP contribution is 2.13. The summed E-state index contributed by atoms with van der Waals surface area (Å²) < 4.78 is 1.08. The molecular weight excluding hydrogens is 245 g/mol. The zero-order valence-corrected chi connectivity index (χ0v) is 7.24. The highest BCUT2D eigenvalue weighted by molar-refractivity contribution is 14.1. The van der Waals surface area contributed by atoms with Gasteiger partial charge in [-0.25, -0.2) is 0 Å². The molecule has 0 aliphatic heterocycles. The Morgan fingerprint density at radius 1 is 1.40 bits per heavy atom.